The number of rotatable bonds is 66. The van der Waals surface area contributed by atoms with Gasteiger partial charge < -0.3 is 33.8 Å². The summed E-state index contributed by atoms with van der Waals surface area (Å²) in [6, 6.07) is 0. The van der Waals surface area contributed by atoms with E-state index in [-0.39, 0.29) is 25.7 Å². The van der Waals surface area contributed by atoms with Gasteiger partial charge in [0, 0.05) is 25.7 Å². The maximum absolute atomic E-state index is 13.0. The van der Waals surface area contributed by atoms with E-state index in [1.807, 2.05) is 0 Å². The summed E-state index contributed by atoms with van der Waals surface area (Å²) in [6.07, 6.45) is 44.4. The van der Waals surface area contributed by atoms with Crippen LogP contribution in [0.2, 0.25) is 0 Å². The van der Waals surface area contributed by atoms with Gasteiger partial charge in [0.15, 0.2) is 12.2 Å². The van der Waals surface area contributed by atoms with Gasteiger partial charge in [0.05, 0.1) is 26.4 Å². The predicted octanol–water partition coefficient (Wildman–Crippen LogP) is 18.6. The number of esters is 4. The van der Waals surface area contributed by atoms with E-state index in [1.54, 1.807) is 0 Å². The average molecular weight is 1260 g/mol. The Balaban J connectivity index is 5.21. The van der Waals surface area contributed by atoms with E-state index in [2.05, 4.69) is 34.6 Å². The Morgan fingerprint density at radius 2 is 0.541 bits per heavy atom. The minimum Gasteiger partial charge on any atom is -0.462 e. The number of aliphatic hydroxyl groups is 1. The van der Waals surface area contributed by atoms with Crippen molar-refractivity contribution >= 4 is 39.5 Å². The Morgan fingerprint density at radius 1 is 0.318 bits per heavy atom. The van der Waals surface area contributed by atoms with Crippen LogP contribution in [0.25, 0.3) is 0 Å². The second-order valence-electron chi connectivity index (χ2n) is 24.3. The highest BCUT2D eigenvalue weighted by atomic mass is 31.2. The lowest BCUT2D eigenvalue weighted by Gasteiger charge is -2.21. The third kappa shape index (κ3) is 60.7. The molecule has 0 amide bonds. The van der Waals surface area contributed by atoms with Crippen LogP contribution in [0.1, 0.15) is 336 Å². The summed E-state index contributed by atoms with van der Waals surface area (Å²) in [5, 5.41) is 10.5. The van der Waals surface area contributed by atoms with Crippen LogP contribution >= 0.6 is 15.6 Å². The Bertz CT molecular complexity index is 1650. The van der Waals surface area contributed by atoms with Gasteiger partial charge in [-0.2, -0.15) is 0 Å². The molecule has 0 saturated carbocycles. The Labute approximate surface area is 517 Å². The SMILES string of the molecule is CCCCCCCCCCCCCC(=O)OC[C@H](COP(=O)(O)OC[C@@H](O)COP(=O)(O)OC[C@@H](COC(=O)CCCCCCCCCCC)OC(=O)CCCCCCCCCCC)OC(=O)CCCCCCCCCCCCCCCC(C)C. The van der Waals surface area contributed by atoms with E-state index < -0.39 is 97.5 Å². The first-order valence-electron chi connectivity index (χ1n) is 34.6. The van der Waals surface area contributed by atoms with Crippen LogP contribution < -0.4 is 0 Å². The highest BCUT2D eigenvalue weighted by Gasteiger charge is 2.30. The molecule has 0 rings (SSSR count). The van der Waals surface area contributed by atoms with E-state index in [9.17, 15) is 43.2 Å². The van der Waals surface area contributed by atoms with Crippen LogP contribution in [0.5, 0.6) is 0 Å². The Kier molecular flexibility index (Phi) is 58.3. The van der Waals surface area contributed by atoms with Gasteiger partial charge in [-0.25, -0.2) is 9.13 Å². The molecule has 0 saturated heterocycles. The van der Waals surface area contributed by atoms with Crippen molar-refractivity contribution in [3.8, 4) is 0 Å². The molecule has 0 fully saturated rings. The van der Waals surface area contributed by atoms with Gasteiger partial charge in [-0.05, 0) is 31.6 Å². The highest BCUT2D eigenvalue weighted by molar-refractivity contribution is 7.47. The predicted molar refractivity (Wildman–Crippen MR) is 340 cm³/mol. The summed E-state index contributed by atoms with van der Waals surface area (Å²) < 4.78 is 68.0. The van der Waals surface area contributed by atoms with Crippen molar-refractivity contribution in [2.75, 3.05) is 39.6 Å². The van der Waals surface area contributed by atoms with E-state index in [4.69, 9.17) is 37.0 Å². The number of hydrogen-bond donors (Lipinski definition) is 3. The summed E-state index contributed by atoms with van der Waals surface area (Å²) in [6.45, 7) is 7.20. The number of carbonyl (C=O) groups is 4. The first kappa shape index (κ1) is 83.1. The molecule has 5 atom stereocenters. The second kappa shape index (κ2) is 59.7. The highest BCUT2D eigenvalue weighted by Crippen LogP contribution is 2.45. The van der Waals surface area contributed by atoms with Crippen molar-refractivity contribution in [2.45, 2.75) is 355 Å². The number of phosphoric ester groups is 2. The van der Waals surface area contributed by atoms with Crippen molar-refractivity contribution in [2.24, 2.45) is 5.92 Å². The van der Waals surface area contributed by atoms with Crippen molar-refractivity contribution in [1.29, 1.82) is 0 Å². The molecule has 0 bridgehead atoms. The smallest absolute Gasteiger partial charge is 0.462 e. The van der Waals surface area contributed by atoms with E-state index >= 15 is 0 Å². The monoisotopic (exact) mass is 1250 g/mol. The number of phosphoric acid groups is 2. The summed E-state index contributed by atoms with van der Waals surface area (Å²) in [4.78, 5) is 72.2. The van der Waals surface area contributed by atoms with Crippen molar-refractivity contribution in [3.63, 3.8) is 0 Å². The fourth-order valence-corrected chi connectivity index (χ4v) is 11.5. The Morgan fingerprint density at radius 3 is 0.800 bits per heavy atom. The molecule has 0 aliphatic heterocycles. The molecule has 2 unspecified atom stereocenters. The molecule has 504 valence electrons. The molecule has 0 heterocycles. The van der Waals surface area contributed by atoms with Crippen LogP contribution in [0.4, 0.5) is 0 Å². The van der Waals surface area contributed by atoms with Crippen molar-refractivity contribution < 1.29 is 80.2 Å². The topological polar surface area (TPSA) is 237 Å². The van der Waals surface area contributed by atoms with Gasteiger partial charge >= 0.3 is 39.5 Å². The normalized spacial score (nSPS) is 14.2. The molecule has 0 aliphatic carbocycles. The largest absolute Gasteiger partial charge is 0.472 e. The van der Waals surface area contributed by atoms with Crippen molar-refractivity contribution in [1.82, 2.24) is 0 Å². The molecule has 0 aliphatic rings. The number of carbonyl (C=O) groups excluding carboxylic acids is 4. The number of hydrogen-bond acceptors (Lipinski definition) is 15. The zero-order chi connectivity index (χ0) is 62.8. The lowest BCUT2D eigenvalue weighted by molar-refractivity contribution is -0.161. The number of ether oxygens (including phenoxy) is 4. The quantitative estimate of drug-likeness (QED) is 0.0222. The summed E-state index contributed by atoms with van der Waals surface area (Å²) in [7, 11) is -9.88. The maximum Gasteiger partial charge on any atom is 0.472 e. The first-order chi connectivity index (χ1) is 41.0. The van der Waals surface area contributed by atoms with Crippen LogP contribution in [0, 0.1) is 5.92 Å². The molecule has 3 N–H and O–H groups in total. The molecule has 17 nitrogen and oxygen atoms in total. The number of unbranched alkanes of at least 4 members (excludes halogenated alkanes) is 38. The molecule has 0 radical (unpaired) electrons. The first-order valence-corrected chi connectivity index (χ1v) is 37.6. The van der Waals surface area contributed by atoms with Crippen LogP contribution in [0.15, 0.2) is 0 Å². The molecule has 19 heteroatoms. The standard InChI is InChI=1S/C66H128O17P2/c1-6-9-12-15-18-21-25-31-35-40-45-50-64(69)77-56-62(83-66(71)52-47-42-37-32-27-24-22-23-26-30-33-38-43-48-59(4)5)58-81-85(74,75)79-54-60(67)53-78-84(72,73)80-57-61(82-65(70)51-46-41-36-29-20-17-14-11-8-3)55-76-63(68)49-44-39-34-28-19-16-13-10-7-2/h59-62,67H,6-58H2,1-5H3,(H,72,73)(H,74,75)/t60-,61+,62+/m0/s1. The van der Waals surface area contributed by atoms with Crippen LogP contribution in [-0.4, -0.2) is 96.7 Å². The zero-order valence-corrected chi connectivity index (χ0v) is 56.5. The Hall–Kier alpha value is -1.94. The lowest BCUT2D eigenvalue weighted by atomic mass is 10.0. The minimum atomic E-state index is -4.95. The van der Waals surface area contributed by atoms with Gasteiger partial charge in [0.25, 0.3) is 0 Å². The summed E-state index contributed by atoms with van der Waals surface area (Å²) in [5.74, 6) is -1.34. The third-order valence-corrected chi connectivity index (χ3v) is 17.2. The van der Waals surface area contributed by atoms with E-state index in [0.717, 1.165) is 95.8 Å². The van der Waals surface area contributed by atoms with Gasteiger partial charge in [-0.3, -0.25) is 37.3 Å². The molecule has 0 aromatic rings. The fourth-order valence-electron chi connectivity index (χ4n) is 9.94. The van der Waals surface area contributed by atoms with E-state index in [0.29, 0.717) is 25.7 Å². The summed E-state index contributed by atoms with van der Waals surface area (Å²) in [5.41, 5.74) is 0. The van der Waals surface area contributed by atoms with Crippen LogP contribution in [0.3, 0.4) is 0 Å². The maximum atomic E-state index is 13.0. The average Bonchev–Trinajstić information content (AvgIpc) is 3.61. The number of aliphatic hydroxyl groups excluding tert-OH is 1. The van der Waals surface area contributed by atoms with Gasteiger partial charge in [-0.1, -0.05) is 285 Å². The third-order valence-electron chi connectivity index (χ3n) is 15.3. The van der Waals surface area contributed by atoms with Gasteiger partial charge in [0.1, 0.15) is 19.3 Å². The fraction of sp³-hybridized carbons (Fsp3) is 0.939. The molecular weight excluding hydrogens is 1130 g/mol. The minimum absolute atomic E-state index is 0.106. The zero-order valence-electron chi connectivity index (χ0n) is 54.7. The molecule has 0 spiro atoms. The molecular formula is C66H128O17P2. The molecule has 85 heavy (non-hydrogen) atoms. The van der Waals surface area contributed by atoms with Crippen molar-refractivity contribution in [3.05, 3.63) is 0 Å². The van der Waals surface area contributed by atoms with Crippen LogP contribution in [-0.2, 0) is 65.4 Å². The second-order valence-corrected chi connectivity index (χ2v) is 27.2. The van der Waals surface area contributed by atoms with Gasteiger partial charge in [-0.15, -0.1) is 0 Å². The molecule has 0 aromatic heterocycles. The van der Waals surface area contributed by atoms with Gasteiger partial charge in [0.2, 0.25) is 0 Å². The van der Waals surface area contributed by atoms with E-state index in [1.165, 1.54) is 161 Å². The summed E-state index contributed by atoms with van der Waals surface area (Å²) >= 11 is 0. The lowest BCUT2D eigenvalue weighted by Crippen LogP contribution is -2.30. The molecule has 0 aromatic carbocycles.